The fourth-order valence-electron chi connectivity index (χ4n) is 1.78. The van der Waals surface area contributed by atoms with Gasteiger partial charge >= 0.3 is 5.97 Å². The standard InChI is InChI=1S/C11H13N3O2/c1-2-6-14-11-8(7-10(15)16)4-3-5-9(11)12-13-14/h3-5H,2,6-7H2,1H3,(H,15,16). The van der Waals surface area contributed by atoms with Gasteiger partial charge in [0.15, 0.2) is 0 Å². The predicted molar refractivity (Wildman–Crippen MR) is 59.2 cm³/mol. The average Bonchev–Trinajstić information content (AvgIpc) is 2.62. The van der Waals surface area contributed by atoms with E-state index in [4.69, 9.17) is 5.11 Å². The van der Waals surface area contributed by atoms with E-state index in [0.29, 0.717) is 0 Å². The summed E-state index contributed by atoms with van der Waals surface area (Å²) in [6.07, 6.45) is 0.953. The van der Waals surface area contributed by atoms with Crippen LogP contribution < -0.4 is 0 Å². The summed E-state index contributed by atoms with van der Waals surface area (Å²) in [5.41, 5.74) is 2.36. The molecular formula is C11H13N3O2. The van der Waals surface area contributed by atoms with Crippen LogP contribution >= 0.6 is 0 Å². The van der Waals surface area contributed by atoms with Crippen LogP contribution in [0.1, 0.15) is 18.9 Å². The lowest BCUT2D eigenvalue weighted by atomic mass is 10.1. The van der Waals surface area contributed by atoms with Crippen molar-refractivity contribution in [2.24, 2.45) is 0 Å². The molecule has 0 radical (unpaired) electrons. The smallest absolute Gasteiger partial charge is 0.307 e. The Kier molecular flexibility index (Phi) is 2.85. The Morgan fingerprint density at radius 2 is 2.31 bits per heavy atom. The highest BCUT2D eigenvalue weighted by molar-refractivity contribution is 5.83. The number of carboxylic acids is 1. The first-order valence-corrected chi connectivity index (χ1v) is 5.25. The van der Waals surface area contributed by atoms with Crippen LogP contribution in [0.4, 0.5) is 0 Å². The number of aliphatic carboxylic acids is 1. The molecule has 0 atom stereocenters. The molecule has 0 unspecified atom stereocenters. The number of para-hydroxylation sites is 1. The van der Waals surface area contributed by atoms with Crippen molar-refractivity contribution in [1.82, 2.24) is 15.0 Å². The summed E-state index contributed by atoms with van der Waals surface area (Å²) in [4.78, 5) is 10.8. The van der Waals surface area contributed by atoms with Gasteiger partial charge in [0.2, 0.25) is 0 Å². The van der Waals surface area contributed by atoms with E-state index in [9.17, 15) is 4.79 Å². The summed E-state index contributed by atoms with van der Waals surface area (Å²) in [5.74, 6) is -0.836. The van der Waals surface area contributed by atoms with Crippen LogP contribution in [0, 0.1) is 0 Å². The van der Waals surface area contributed by atoms with Crippen LogP contribution in [0.2, 0.25) is 0 Å². The van der Waals surface area contributed by atoms with Gasteiger partial charge in [-0.25, -0.2) is 4.68 Å². The molecule has 2 rings (SSSR count). The third kappa shape index (κ3) is 1.88. The van der Waals surface area contributed by atoms with E-state index < -0.39 is 5.97 Å². The summed E-state index contributed by atoms with van der Waals surface area (Å²) >= 11 is 0. The van der Waals surface area contributed by atoms with Crippen molar-refractivity contribution in [3.8, 4) is 0 Å². The van der Waals surface area contributed by atoms with Gasteiger partial charge in [0.25, 0.3) is 0 Å². The molecule has 1 N–H and O–H groups in total. The fraction of sp³-hybridized carbons (Fsp3) is 0.364. The maximum absolute atomic E-state index is 10.8. The van der Waals surface area contributed by atoms with Gasteiger partial charge in [0.05, 0.1) is 11.9 Å². The van der Waals surface area contributed by atoms with E-state index in [0.717, 1.165) is 29.6 Å². The minimum atomic E-state index is -0.836. The van der Waals surface area contributed by atoms with Gasteiger partial charge in [-0.15, -0.1) is 5.10 Å². The number of benzene rings is 1. The molecule has 0 bridgehead atoms. The lowest BCUT2D eigenvalue weighted by molar-refractivity contribution is -0.136. The second kappa shape index (κ2) is 4.30. The Hall–Kier alpha value is -1.91. The number of aryl methyl sites for hydroxylation is 1. The maximum Gasteiger partial charge on any atom is 0.307 e. The molecule has 0 saturated heterocycles. The van der Waals surface area contributed by atoms with E-state index in [2.05, 4.69) is 10.3 Å². The van der Waals surface area contributed by atoms with Gasteiger partial charge in [-0.1, -0.05) is 24.3 Å². The van der Waals surface area contributed by atoms with Crippen molar-refractivity contribution < 1.29 is 9.90 Å². The lowest BCUT2D eigenvalue weighted by Gasteiger charge is -2.03. The number of hydrogen-bond acceptors (Lipinski definition) is 3. The predicted octanol–water partition coefficient (Wildman–Crippen LogP) is 1.47. The molecule has 0 aliphatic rings. The fourth-order valence-corrected chi connectivity index (χ4v) is 1.78. The summed E-state index contributed by atoms with van der Waals surface area (Å²) in [6, 6.07) is 5.47. The minimum absolute atomic E-state index is 0.00836. The Bertz CT molecular complexity index is 519. The van der Waals surface area contributed by atoms with Gasteiger partial charge in [-0.2, -0.15) is 0 Å². The van der Waals surface area contributed by atoms with Crippen LogP contribution in [0.5, 0.6) is 0 Å². The number of nitrogens with zero attached hydrogens (tertiary/aromatic N) is 3. The topological polar surface area (TPSA) is 68.0 Å². The van der Waals surface area contributed by atoms with Gasteiger partial charge in [-0.05, 0) is 18.1 Å². The first-order chi connectivity index (χ1) is 7.72. The molecule has 0 spiro atoms. The number of carbonyl (C=O) groups is 1. The molecule has 5 heteroatoms. The summed E-state index contributed by atoms with van der Waals surface area (Å²) in [6.45, 7) is 2.81. The van der Waals surface area contributed by atoms with Crippen LogP contribution in [0.15, 0.2) is 18.2 Å². The molecule has 16 heavy (non-hydrogen) atoms. The summed E-state index contributed by atoms with van der Waals surface area (Å²) in [7, 11) is 0. The molecule has 1 aromatic carbocycles. The number of fused-ring (bicyclic) bond motifs is 1. The Labute approximate surface area is 92.7 Å². The highest BCUT2D eigenvalue weighted by Gasteiger charge is 2.11. The molecule has 0 aliphatic carbocycles. The van der Waals surface area contributed by atoms with Crippen molar-refractivity contribution in [3.05, 3.63) is 23.8 Å². The quantitative estimate of drug-likeness (QED) is 0.845. The van der Waals surface area contributed by atoms with Crippen molar-refractivity contribution in [2.45, 2.75) is 26.3 Å². The Morgan fingerprint density at radius 3 is 3.00 bits per heavy atom. The van der Waals surface area contributed by atoms with Crippen LogP contribution in [-0.2, 0) is 17.8 Å². The summed E-state index contributed by atoms with van der Waals surface area (Å²) < 4.78 is 1.77. The molecule has 0 saturated carbocycles. The molecule has 1 aromatic heterocycles. The molecule has 0 aliphatic heterocycles. The average molecular weight is 219 g/mol. The van der Waals surface area contributed by atoms with E-state index in [1.54, 1.807) is 4.68 Å². The van der Waals surface area contributed by atoms with Crippen molar-refractivity contribution in [1.29, 1.82) is 0 Å². The highest BCUT2D eigenvalue weighted by Crippen LogP contribution is 2.17. The van der Waals surface area contributed by atoms with Gasteiger partial charge in [-0.3, -0.25) is 4.79 Å². The van der Waals surface area contributed by atoms with Gasteiger partial charge in [0.1, 0.15) is 5.52 Å². The van der Waals surface area contributed by atoms with E-state index in [1.807, 2.05) is 25.1 Å². The first-order valence-electron chi connectivity index (χ1n) is 5.25. The molecule has 2 aromatic rings. The largest absolute Gasteiger partial charge is 0.481 e. The molecule has 0 fully saturated rings. The Balaban J connectivity index is 2.54. The highest BCUT2D eigenvalue weighted by atomic mass is 16.4. The molecule has 84 valence electrons. The first kappa shape index (κ1) is 10.6. The number of hydrogen-bond donors (Lipinski definition) is 1. The maximum atomic E-state index is 10.8. The summed E-state index contributed by atoms with van der Waals surface area (Å²) in [5, 5.41) is 16.9. The van der Waals surface area contributed by atoms with Crippen molar-refractivity contribution >= 4 is 17.0 Å². The number of rotatable bonds is 4. The zero-order chi connectivity index (χ0) is 11.5. The third-order valence-corrected chi connectivity index (χ3v) is 2.39. The normalized spacial score (nSPS) is 10.8. The van der Waals surface area contributed by atoms with E-state index in [-0.39, 0.29) is 6.42 Å². The van der Waals surface area contributed by atoms with Crippen molar-refractivity contribution in [2.75, 3.05) is 0 Å². The van der Waals surface area contributed by atoms with Crippen LogP contribution in [-0.4, -0.2) is 26.1 Å². The Morgan fingerprint density at radius 1 is 1.50 bits per heavy atom. The second-order valence-corrected chi connectivity index (χ2v) is 3.67. The van der Waals surface area contributed by atoms with E-state index >= 15 is 0 Å². The zero-order valence-corrected chi connectivity index (χ0v) is 9.05. The monoisotopic (exact) mass is 219 g/mol. The van der Waals surface area contributed by atoms with Crippen molar-refractivity contribution in [3.63, 3.8) is 0 Å². The lowest BCUT2D eigenvalue weighted by Crippen LogP contribution is -2.05. The van der Waals surface area contributed by atoms with Gasteiger partial charge < -0.3 is 5.11 Å². The number of carboxylic acid groups (broad SMARTS) is 1. The molecule has 0 amide bonds. The molecule has 5 nitrogen and oxygen atoms in total. The molecular weight excluding hydrogens is 206 g/mol. The van der Waals surface area contributed by atoms with Gasteiger partial charge in [0, 0.05) is 6.54 Å². The van der Waals surface area contributed by atoms with Crippen LogP contribution in [0.3, 0.4) is 0 Å². The second-order valence-electron chi connectivity index (χ2n) is 3.67. The number of aromatic nitrogens is 3. The van der Waals surface area contributed by atoms with E-state index in [1.165, 1.54) is 0 Å². The third-order valence-electron chi connectivity index (χ3n) is 2.39. The molecule has 1 heterocycles. The minimum Gasteiger partial charge on any atom is -0.481 e. The SMILES string of the molecule is CCCn1nnc2cccc(CC(=O)O)c21. The van der Waals surface area contributed by atoms with Crippen LogP contribution in [0.25, 0.3) is 11.0 Å². The zero-order valence-electron chi connectivity index (χ0n) is 9.05.